The van der Waals surface area contributed by atoms with E-state index in [-0.39, 0.29) is 5.41 Å². The van der Waals surface area contributed by atoms with Crippen molar-refractivity contribution in [3.05, 3.63) is 12.7 Å². The van der Waals surface area contributed by atoms with Crippen molar-refractivity contribution in [1.29, 1.82) is 0 Å². The number of nitrogens with two attached hydrogens (primary N) is 1. The lowest BCUT2D eigenvalue weighted by Gasteiger charge is -2.22. The zero-order valence-electron chi connectivity index (χ0n) is 6.89. The van der Waals surface area contributed by atoms with Crippen molar-refractivity contribution in [2.24, 2.45) is 11.1 Å². The molecule has 0 rings (SSSR count). The van der Waals surface area contributed by atoms with Crippen molar-refractivity contribution in [3.63, 3.8) is 0 Å². The molecule has 0 radical (unpaired) electrons. The third-order valence-corrected chi connectivity index (χ3v) is 2.45. The van der Waals surface area contributed by atoms with Crippen LogP contribution in [0, 0.1) is 5.41 Å². The normalized spacial score (nSPS) is 16.3. The van der Waals surface area contributed by atoms with Crippen LogP contribution >= 0.6 is 11.8 Å². The lowest BCUT2D eigenvalue weighted by molar-refractivity contribution is 0.429. The molecule has 0 aromatic heterocycles. The molecule has 0 aliphatic heterocycles. The predicted molar refractivity (Wildman–Crippen MR) is 50.4 cm³/mol. The molecular formula is C8H17NS. The smallest absolute Gasteiger partial charge is 0.00117 e. The number of thioether (sulfide) groups is 1. The highest BCUT2D eigenvalue weighted by molar-refractivity contribution is 7.98. The van der Waals surface area contributed by atoms with E-state index in [0.717, 1.165) is 6.42 Å². The molecule has 0 aliphatic carbocycles. The van der Waals surface area contributed by atoms with Gasteiger partial charge in [-0.25, -0.2) is 0 Å². The largest absolute Gasteiger partial charge is 0.330 e. The van der Waals surface area contributed by atoms with Crippen molar-refractivity contribution in [2.75, 3.05) is 18.6 Å². The molecule has 0 heterocycles. The van der Waals surface area contributed by atoms with Crippen LogP contribution in [0.15, 0.2) is 12.7 Å². The Labute approximate surface area is 68.1 Å². The van der Waals surface area contributed by atoms with E-state index >= 15 is 0 Å². The first-order chi connectivity index (χ1) is 4.68. The molecule has 2 N–H and O–H groups in total. The van der Waals surface area contributed by atoms with Crippen LogP contribution in [-0.4, -0.2) is 18.6 Å². The van der Waals surface area contributed by atoms with E-state index in [9.17, 15) is 0 Å². The Morgan fingerprint density at radius 2 is 2.30 bits per heavy atom. The van der Waals surface area contributed by atoms with Gasteiger partial charge in [-0.1, -0.05) is 13.0 Å². The Morgan fingerprint density at radius 3 is 2.60 bits per heavy atom. The first-order valence-corrected chi connectivity index (χ1v) is 4.90. The molecule has 0 saturated carbocycles. The quantitative estimate of drug-likeness (QED) is 0.620. The summed E-state index contributed by atoms with van der Waals surface area (Å²) in [4.78, 5) is 0. The molecule has 0 spiro atoms. The highest BCUT2D eigenvalue weighted by Gasteiger charge is 2.16. The summed E-state index contributed by atoms with van der Waals surface area (Å²) in [7, 11) is 0. The van der Waals surface area contributed by atoms with Gasteiger partial charge in [0, 0.05) is 6.54 Å². The first kappa shape index (κ1) is 10.0. The molecule has 10 heavy (non-hydrogen) atoms. The monoisotopic (exact) mass is 159 g/mol. The van der Waals surface area contributed by atoms with Crippen molar-refractivity contribution >= 4 is 11.8 Å². The summed E-state index contributed by atoms with van der Waals surface area (Å²) in [5.74, 6) is 1.17. The van der Waals surface area contributed by atoms with Crippen LogP contribution in [0.25, 0.3) is 0 Å². The van der Waals surface area contributed by atoms with Gasteiger partial charge in [-0.2, -0.15) is 11.8 Å². The van der Waals surface area contributed by atoms with E-state index in [1.807, 2.05) is 17.8 Å². The minimum absolute atomic E-state index is 0.156. The lowest BCUT2D eigenvalue weighted by Crippen LogP contribution is -2.25. The second-order valence-corrected chi connectivity index (χ2v) is 3.79. The molecule has 1 atom stereocenters. The summed E-state index contributed by atoms with van der Waals surface area (Å²) in [6.07, 6.45) is 5.21. The molecule has 0 aliphatic rings. The van der Waals surface area contributed by atoms with Crippen LogP contribution in [0.1, 0.15) is 13.3 Å². The SMILES string of the molecule is C=CC(C)(CN)CCSC. The zero-order chi connectivity index (χ0) is 8.04. The molecule has 1 nitrogen and oxygen atoms in total. The van der Waals surface area contributed by atoms with Crippen molar-refractivity contribution < 1.29 is 0 Å². The van der Waals surface area contributed by atoms with Gasteiger partial charge < -0.3 is 5.73 Å². The summed E-state index contributed by atoms with van der Waals surface area (Å²) in [6.45, 7) is 6.62. The average Bonchev–Trinajstić information content (AvgIpc) is 2.00. The first-order valence-electron chi connectivity index (χ1n) is 3.51. The van der Waals surface area contributed by atoms with Gasteiger partial charge in [0.2, 0.25) is 0 Å². The van der Waals surface area contributed by atoms with Crippen molar-refractivity contribution in [2.45, 2.75) is 13.3 Å². The minimum atomic E-state index is 0.156. The van der Waals surface area contributed by atoms with Gasteiger partial charge in [0.1, 0.15) is 0 Å². The summed E-state index contributed by atoms with van der Waals surface area (Å²) in [5, 5.41) is 0. The third-order valence-electron chi connectivity index (χ3n) is 1.84. The van der Waals surface area contributed by atoms with Crippen LogP contribution < -0.4 is 5.73 Å². The summed E-state index contributed by atoms with van der Waals surface area (Å²) in [6, 6.07) is 0. The molecule has 0 bridgehead atoms. The fraction of sp³-hybridized carbons (Fsp3) is 0.750. The van der Waals surface area contributed by atoms with Gasteiger partial charge in [0.25, 0.3) is 0 Å². The lowest BCUT2D eigenvalue weighted by atomic mass is 9.88. The van der Waals surface area contributed by atoms with Crippen LogP contribution in [-0.2, 0) is 0 Å². The zero-order valence-corrected chi connectivity index (χ0v) is 7.71. The molecule has 0 saturated heterocycles. The third kappa shape index (κ3) is 3.28. The Bertz CT molecular complexity index is 103. The highest BCUT2D eigenvalue weighted by atomic mass is 32.2. The van der Waals surface area contributed by atoms with E-state index in [1.165, 1.54) is 5.75 Å². The second-order valence-electron chi connectivity index (χ2n) is 2.81. The fourth-order valence-corrected chi connectivity index (χ4v) is 1.29. The standard InChI is InChI=1S/C8H17NS/c1-4-8(2,7-9)5-6-10-3/h4H,1,5-7,9H2,2-3H3. The number of rotatable bonds is 5. The maximum Gasteiger partial charge on any atom is 0.00117 e. The van der Waals surface area contributed by atoms with E-state index in [0.29, 0.717) is 6.54 Å². The topological polar surface area (TPSA) is 26.0 Å². The Morgan fingerprint density at radius 1 is 1.70 bits per heavy atom. The maximum atomic E-state index is 5.58. The van der Waals surface area contributed by atoms with Crippen LogP contribution in [0.5, 0.6) is 0 Å². The van der Waals surface area contributed by atoms with E-state index < -0.39 is 0 Å². The Balaban J connectivity index is 3.68. The molecule has 0 aromatic rings. The second kappa shape index (κ2) is 4.80. The molecule has 0 amide bonds. The summed E-state index contributed by atoms with van der Waals surface area (Å²) in [5.41, 5.74) is 5.73. The molecular weight excluding hydrogens is 142 g/mol. The Kier molecular flexibility index (Phi) is 4.83. The Hall–Kier alpha value is 0.0500. The van der Waals surface area contributed by atoms with Gasteiger partial charge in [-0.05, 0) is 23.8 Å². The van der Waals surface area contributed by atoms with Gasteiger partial charge in [-0.3, -0.25) is 0 Å². The van der Waals surface area contributed by atoms with E-state index in [1.54, 1.807) is 0 Å². The summed E-state index contributed by atoms with van der Waals surface area (Å²) < 4.78 is 0. The van der Waals surface area contributed by atoms with Gasteiger partial charge in [-0.15, -0.1) is 6.58 Å². The predicted octanol–water partition coefficient (Wildman–Crippen LogP) is 1.89. The molecule has 2 heteroatoms. The molecule has 0 aromatic carbocycles. The maximum absolute atomic E-state index is 5.58. The number of hydrogen-bond acceptors (Lipinski definition) is 2. The minimum Gasteiger partial charge on any atom is -0.330 e. The molecule has 0 fully saturated rings. The number of hydrogen-bond donors (Lipinski definition) is 1. The van der Waals surface area contributed by atoms with E-state index in [2.05, 4.69) is 19.8 Å². The van der Waals surface area contributed by atoms with Gasteiger partial charge >= 0.3 is 0 Å². The van der Waals surface area contributed by atoms with Crippen LogP contribution in [0.4, 0.5) is 0 Å². The van der Waals surface area contributed by atoms with E-state index in [4.69, 9.17) is 5.73 Å². The average molecular weight is 159 g/mol. The van der Waals surface area contributed by atoms with Gasteiger partial charge in [0.05, 0.1) is 0 Å². The van der Waals surface area contributed by atoms with Crippen molar-refractivity contribution in [1.82, 2.24) is 0 Å². The van der Waals surface area contributed by atoms with Gasteiger partial charge in [0.15, 0.2) is 0 Å². The van der Waals surface area contributed by atoms with Crippen LogP contribution in [0.3, 0.4) is 0 Å². The fourth-order valence-electron chi connectivity index (χ4n) is 0.623. The van der Waals surface area contributed by atoms with Crippen LogP contribution in [0.2, 0.25) is 0 Å². The summed E-state index contributed by atoms with van der Waals surface area (Å²) >= 11 is 1.86. The molecule has 1 unspecified atom stereocenters. The van der Waals surface area contributed by atoms with Crippen molar-refractivity contribution in [3.8, 4) is 0 Å². The molecule has 60 valence electrons. The highest BCUT2D eigenvalue weighted by Crippen LogP contribution is 2.22.